The molecule has 1 aromatic carbocycles. The van der Waals surface area contributed by atoms with Crippen LogP contribution < -0.4 is 4.35 Å². The van der Waals surface area contributed by atoms with Crippen LogP contribution in [-0.2, 0) is 13.8 Å². The number of carbonyl (C=O) groups is 1. The standard InChI is InChI=1S/C9H10AsClO3S/c1-7(12)10(2)8-3-5-9(6-4-8)15(11,13)14/h3-6H,1-2H3. The van der Waals surface area contributed by atoms with E-state index in [4.69, 9.17) is 10.7 Å². The monoisotopic (exact) mass is 308 g/mol. The van der Waals surface area contributed by atoms with Crippen molar-refractivity contribution in [1.82, 2.24) is 0 Å². The Morgan fingerprint density at radius 3 is 2.07 bits per heavy atom. The molecule has 0 saturated heterocycles. The van der Waals surface area contributed by atoms with Gasteiger partial charge in [-0.25, -0.2) is 0 Å². The predicted octanol–water partition coefficient (Wildman–Crippen LogP) is 1.07. The van der Waals surface area contributed by atoms with Crippen molar-refractivity contribution >= 4 is 43.3 Å². The second-order valence-electron chi connectivity index (χ2n) is 3.01. The molecule has 1 aromatic rings. The molecular weight excluding hydrogens is 299 g/mol. The van der Waals surface area contributed by atoms with E-state index in [0.29, 0.717) is 0 Å². The van der Waals surface area contributed by atoms with E-state index >= 15 is 0 Å². The summed E-state index contributed by atoms with van der Waals surface area (Å²) in [5.41, 5.74) is 1.92. The van der Waals surface area contributed by atoms with E-state index in [-0.39, 0.29) is 9.47 Å². The first-order valence-electron chi connectivity index (χ1n) is 4.11. The van der Waals surface area contributed by atoms with Crippen molar-refractivity contribution in [2.24, 2.45) is 0 Å². The van der Waals surface area contributed by atoms with Crippen molar-refractivity contribution in [2.45, 2.75) is 17.5 Å². The van der Waals surface area contributed by atoms with Crippen LogP contribution in [-0.4, -0.2) is 27.6 Å². The Labute approximate surface area is 98.1 Å². The number of halogens is 1. The number of hydrogen-bond acceptors (Lipinski definition) is 3. The average Bonchev–Trinajstić information content (AvgIpc) is 2.15. The Balaban J connectivity index is 3.06. The number of hydrogen-bond donors (Lipinski definition) is 0. The van der Waals surface area contributed by atoms with Gasteiger partial charge in [-0.15, -0.1) is 0 Å². The molecular formula is C9H10AsClO3S. The number of carbonyl (C=O) groups excluding carboxylic acids is 1. The molecule has 0 amide bonds. The second-order valence-corrected chi connectivity index (χ2v) is 10.3. The summed E-state index contributed by atoms with van der Waals surface area (Å²) >= 11 is -1.65. The van der Waals surface area contributed by atoms with Crippen LogP contribution in [0.25, 0.3) is 0 Å². The molecule has 3 nitrogen and oxygen atoms in total. The van der Waals surface area contributed by atoms with E-state index < -0.39 is 23.7 Å². The quantitative estimate of drug-likeness (QED) is 0.620. The van der Waals surface area contributed by atoms with E-state index in [9.17, 15) is 13.2 Å². The van der Waals surface area contributed by atoms with Crippen LogP contribution in [0.4, 0.5) is 0 Å². The summed E-state index contributed by atoms with van der Waals surface area (Å²) in [6.07, 6.45) is 0. The fourth-order valence-electron chi connectivity index (χ4n) is 1.01. The van der Waals surface area contributed by atoms with E-state index in [1.54, 1.807) is 19.1 Å². The third-order valence-electron chi connectivity index (χ3n) is 1.98. The van der Waals surface area contributed by atoms with Gasteiger partial charge in [-0.3, -0.25) is 0 Å². The molecule has 1 rings (SSSR count). The van der Waals surface area contributed by atoms with Gasteiger partial charge in [0.05, 0.1) is 0 Å². The van der Waals surface area contributed by atoms with E-state index in [1.807, 2.05) is 5.71 Å². The molecule has 82 valence electrons. The molecule has 0 aliphatic heterocycles. The van der Waals surface area contributed by atoms with Crippen molar-refractivity contribution in [2.75, 3.05) is 0 Å². The van der Waals surface area contributed by atoms with Crippen molar-refractivity contribution in [3.63, 3.8) is 0 Å². The van der Waals surface area contributed by atoms with Crippen LogP contribution in [0.1, 0.15) is 6.92 Å². The molecule has 0 spiro atoms. The molecule has 1 unspecified atom stereocenters. The molecule has 0 N–H and O–H groups in total. The van der Waals surface area contributed by atoms with Crippen molar-refractivity contribution in [3.8, 4) is 0 Å². The minimum atomic E-state index is -3.66. The van der Waals surface area contributed by atoms with E-state index in [1.165, 1.54) is 12.1 Å². The van der Waals surface area contributed by atoms with Crippen molar-refractivity contribution in [1.29, 1.82) is 0 Å². The molecule has 0 aliphatic carbocycles. The van der Waals surface area contributed by atoms with Crippen LogP contribution in [0.5, 0.6) is 0 Å². The maximum absolute atomic E-state index is 11.1. The first-order chi connectivity index (χ1) is 6.82. The Hall–Kier alpha value is -0.312. The molecule has 6 heteroatoms. The average molecular weight is 309 g/mol. The van der Waals surface area contributed by atoms with Crippen LogP contribution in [0.3, 0.4) is 0 Å². The van der Waals surface area contributed by atoms with Gasteiger partial charge in [0.25, 0.3) is 0 Å². The normalized spacial score (nSPS) is 13.5. The Kier molecular flexibility index (Phi) is 3.98. The molecule has 0 heterocycles. The van der Waals surface area contributed by atoms with Crippen LogP contribution in [0, 0.1) is 0 Å². The first kappa shape index (κ1) is 12.8. The predicted molar refractivity (Wildman–Crippen MR) is 61.4 cm³/mol. The van der Waals surface area contributed by atoms with Gasteiger partial charge in [0.1, 0.15) is 0 Å². The summed E-state index contributed by atoms with van der Waals surface area (Å²) in [5.74, 6) is 0. The zero-order valence-corrected chi connectivity index (χ0v) is 11.7. The van der Waals surface area contributed by atoms with Gasteiger partial charge in [0, 0.05) is 0 Å². The fraction of sp³-hybridized carbons (Fsp3) is 0.222. The third-order valence-corrected chi connectivity index (χ3v) is 7.58. The third kappa shape index (κ3) is 3.33. The van der Waals surface area contributed by atoms with Gasteiger partial charge in [-0.05, 0) is 0 Å². The summed E-state index contributed by atoms with van der Waals surface area (Å²) in [4.78, 5) is 11.2. The van der Waals surface area contributed by atoms with Gasteiger partial charge < -0.3 is 0 Å². The van der Waals surface area contributed by atoms with Gasteiger partial charge >= 0.3 is 98.3 Å². The van der Waals surface area contributed by atoms with Crippen molar-refractivity contribution in [3.05, 3.63) is 24.3 Å². The molecule has 0 saturated carbocycles. The zero-order valence-electron chi connectivity index (χ0n) is 8.27. The summed E-state index contributed by atoms with van der Waals surface area (Å²) < 4.78 is 23.0. The Bertz CT molecular complexity index is 467. The van der Waals surface area contributed by atoms with Gasteiger partial charge in [-0.2, -0.15) is 0 Å². The molecule has 0 aromatic heterocycles. The molecule has 0 aliphatic rings. The van der Waals surface area contributed by atoms with Gasteiger partial charge in [-0.1, -0.05) is 0 Å². The second kappa shape index (κ2) is 4.69. The van der Waals surface area contributed by atoms with E-state index in [2.05, 4.69) is 0 Å². The summed E-state index contributed by atoms with van der Waals surface area (Å²) in [5, 5.41) is 0. The number of rotatable bonds is 3. The van der Waals surface area contributed by atoms with Gasteiger partial charge in [0.2, 0.25) is 0 Å². The molecule has 15 heavy (non-hydrogen) atoms. The van der Waals surface area contributed by atoms with Crippen LogP contribution in [0.2, 0.25) is 5.71 Å². The summed E-state index contributed by atoms with van der Waals surface area (Å²) in [6, 6.07) is 6.20. The molecule has 0 fully saturated rings. The SMILES string of the molecule is CC(=O)[As](C)c1ccc(S(=O)(=O)Cl)cc1. The zero-order chi connectivity index (χ0) is 11.6. The Morgan fingerprint density at radius 2 is 1.73 bits per heavy atom. The van der Waals surface area contributed by atoms with E-state index in [0.717, 1.165) is 4.35 Å². The molecule has 0 radical (unpaired) electrons. The first-order valence-corrected chi connectivity index (χ1v) is 10.2. The summed E-state index contributed by atoms with van der Waals surface area (Å²) in [7, 11) is 1.51. The Morgan fingerprint density at radius 1 is 1.27 bits per heavy atom. The fourth-order valence-corrected chi connectivity index (χ4v) is 3.80. The topological polar surface area (TPSA) is 51.2 Å². The molecule has 0 bridgehead atoms. The van der Waals surface area contributed by atoms with Crippen molar-refractivity contribution < 1.29 is 13.2 Å². The minimum absolute atomic E-state index is 0.0684. The van der Waals surface area contributed by atoms with Gasteiger partial charge in [0.15, 0.2) is 0 Å². The number of benzene rings is 1. The summed E-state index contributed by atoms with van der Waals surface area (Å²) in [6.45, 7) is 1.56. The maximum atomic E-state index is 11.1. The van der Waals surface area contributed by atoms with Crippen LogP contribution >= 0.6 is 10.7 Å². The molecule has 1 atom stereocenters. The van der Waals surface area contributed by atoms with Crippen LogP contribution in [0.15, 0.2) is 29.2 Å².